The molecule has 0 fully saturated rings. The minimum Gasteiger partial charge on any atom is -0.490 e. The van der Waals surface area contributed by atoms with E-state index in [4.69, 9.17) is 15.0 Å². The van der Waals surface area contributed by atoms with E-state index < -0.39 is 17.2 Å². The molecule has 5 rings (SSSR count). The van der Waals surface area contributed by atoms with E-state index in [0.29, 0.717) is 27.8 Å². The van der Waals surface area contributed by atoms with Gasteiger partial charge in [0.05, 0.1) is 11.6 Å². The Bertz CT molecular complexity index is 1380. The number of carbonyl (C=O) groups is 1. The van der Waals surface area contributed by atoms with Crippen molar-refractivity contribution in [3.8, 4) is 6.07 Å². The maximum Gasteiger partial charge on any atom is 0.257 e. The van der Waals surface area contributed by atoms with E-state index in [1.807, 2.05) is 12.1 Å². The lowest BCUT2D eigenvalue weighted by Crippen LogP contribution is -2.47. The number of thioether (sulfide) groups is 1. The Morgan fingerprint density at radius 1 is 1.11 bits per heavy atom. The van der Waals surface area contributed by atoms with E-state index >= 15 is 4.39 Å². The summed E-state index contributed by atoms with van der Waals surface area (Å²) >= 11 is 1.36. The number of fused-ring (bicyclic) bond motifs is 1. The lowest BCUT2D eigenvalue weighted by Gasteiger charge is -2.43. The van der Waals surface area contributed by atoms with Crippen molar-refractivity contribution in [3.63, 3.8) is 0 Å². The van der Waals surface area contributed by atoms with Gasteiger partial charge in [0.1, 0.15) is 29.5 Å². The monoisotopic (exact) mass is 487 g/mol. The van der Waals surface area contributed by atoms with Crippen LogP contribution in [0.15, 0.2) is 83.9 Å². The highest BCUT2D eigenvalue weighted by Crippen LogP contribution is 2.47. The molecule has 174 valence electrons. The zero-order chi connectivity index (χ0) is 24.4. The number of rotatable bonds is 3. The van der Waals surface area contributed by atoms with Crippen LogP contribution in [0.5, 0.6) is 0 Å². The summed E-state index contributed by atoms with van der Waals surface area (Å²) in [6.45, 7) is -0.00266. The summed E-state index contributed by atoms with van der Waals surface area (Å²) in [5, 5.41) is 12.2. The Morgan fingerprint density at radius 3 is 2.60 bits per heavy atom. The van der Waals surface area contributed by atoms with Crippen LogP contribution in [0.2, 0.25) is 0 Å². The number of nitrogens with one attached hydrogen (secondary N) is 1. The molecule has 0 bridgehead atoms. The van der Waals surface area contributed by atoms with E-state index in [1.165, 1.54) is 23.9 Å². The molecule has 0 radical (unpaired) electrons. The van der Waals surface area contributed by atoms with E-state index in [2.05, 4.69) is 11.4 Å². The van der Waals surface area contributed by atoms with Crippen molar-refractivity contribution in [1.29, 1.82) is 5.26 Å². The lowest BCUT2D eigenvalue weighted by molar-refractivity contribution is 0.0975. The molecular formula is C27H19F2N3O2S. The number of halogens is 2. The highest BCUT2D eigenvalue weighted by molar-refractivity contribution is 8.13. The van der Waals surface area contributed by atoms with Crippen LogP contribution in [0.25, 0.3) is 5.76 Å². The van der Waals surface area contributed by atoms with Gasteiger partial charge in [-0.05, 0) is 48.5 Å². The summed E-state index contributed by atoms with van der Waals surface area (Å²) < 4.78 is 34.8. The fraction of sp³-hybridized carbons (Fsp3) is 0.148. The van der Waals surface area contributed by atoms with Gasteiger partial charge < -0.3 is 10.1 Å². The first kappa shape index (κ1) is 22.8. The second kappa shape index (κ2) is 9.35. The number of aliphatic imine (C=N–C) groups is 1. The van der Waals surface area contributed by atoms with Crippen LogP contribution < -0.4 is 5.32 Å². The second-order valence-corrected chi connectivity index (χ2v) is 9.22. The molecule has 0 saturated carbocycles. The van der Waals surface area contributed by atoms with Crippen LogP contribution in [0.4, 0.5) is 8.78 Å². The average molecular weight is 488 g/mol. The predicted molar refractivity (Wildman–Crippen MR) is 130 cm³/mol. The van der Waals surface area contributed by atoms with Crippen LogP contribution in [0.3, 0.4) is 0 Å². The predicted octanol–water partition coefficient (Wildman–Crippen LogP) is 5.25. The van der Waals surface area contributed by atoms with Crippen molar-refractivity contribution in [3.05, 3.63) is 113 Å². The first-order chi connectivity index (χ1) is 17.0. The third-order valence-corrected chi connectivity index (χ3v) is 7.06. The Labute approximate surface area is 205 Å². The third-order valence-electron chi connectivity index (χ3n) is 6.07. The van der Waals surface area contributed by atoms with E-state index in [1.54, 1.807) is 48.5 Å². The van der Waals surface area contributed by atoms with Crippen molar-refractivity contribution < 1.29 is 18.3 Å². The molecular weight excluding hydrogens is 468 g/mol. The molecule has 2 heterocycles. The molecule has 0 saturated heterocycles. The average Bonchev–Trinajstić information content (AvgIpc) is 2.88. The quantitative estimate of drug-likeness (QED) is 0.548. The van der Waals surface area contributed by atoms with Gasteiger partial charge in [-0.25, -0.2) is 13.8 Å². The maximum atomic E-state index is 15.0. The molecule has 3 aromatic rings. The highest BCUT2D eigenvalue weighted by atomic mass is 32.2. The minimum absolute atomic E-state index is 0.00266. The van der Waals surface area contributed by atoms with Crippen LogP contribution in [0, 0.1) is 28.9 Å². The number of carbonyl (C=O) groups excluding carboxylic acids is 1. The van der Waals surface area contributed by atoms with E-state index in [9.17, 15) is 9.18 Å². The van der Waals surface area contributed by atoms with Gasteiger partial charge in [0.25, 0.3) is 5.91 Å². The van der Waals surface area contributed by atoms with Crippen molar-refractivity contribution in [2.24, 2.45) is 10.9 Å². The molecule has 1 N–H and O–H groups in total. The standard InChI is InChI=1S/C27H19F2N3O2S/c28-21-10-11-22(23(29)13-21)27-16-34-24(18-8-6-17(14-30)7-9-18)12-20(27)15-35-26(32-27)31-25(33)19-4-2-1-3-5-19/h1-13,20H,15-16H2,(H,31,32,33)/t20-,27-/m0/s1. The topological polar surface area (TPSA) is 74.5 Å². The summed E-state index contributed by atoms with van der Waals surface area (Å²) in [6, 6.07) is 21.2. The van der Waals surface area contributed by atoms with Gasteiger partial charge in [-0.2, -0.15) is 5.26 Å². The summed E-state index contributed by atoms with van der Waals surface area (Å²) in [6.07, 6.45) is 1.89. The Balaban J connectivity index is 1.54. The largest absolute Gasteiger partial charge is 0.490 e. The molecule has 2 atom stereocenters. The maximum absolute atomic E-state index is 15.0. The molecule has 0 unspecified atom stereocenters. The summed E-state index contributed by atoms with van der Waals surface area (Å²) in [5.74, 6) is -0.923. The zero-order valence-electron chi connectivity index (χ0n) is 18.4. The van der Waals surface area contributed by atoms with E-state index in [-0.39, 0.29) is 24.0 Å². The molecule has 0 spiro atoms. The fourth-order valence-corrected chi connectivity index (χ4v) is 5.34. The summed E-state index contributed by atoms with van der Waals surface area (Å²) in [4.78, 5) is 17.5. The lowest BCUT2D eigenvalue weighted by atomic mass is 9.77. The number of ether oxygens (including phenoxy) is 1. The van der Waals surface area contributed by atoms with Gasteiger partial charge in [0.15, 0.2) is 5.17 Å². The number of hydrogen-bond donors (Lipinski definition) is 1. The Kier molecular flexibility index (Phi) is 6.10. The molecule has 0 aromatic heterocycles. The number of benzene rings is 3. The van der Waals surface area contributed by atoms with Gasteiger partial charge in [0.2, 0.25) is 0 Å². The fourth-order valence-electron chi connectivity index (χ4n) is 4.24. The minimum atomic E-state index is -1.18. The number of nitrogens with zero attached hydrogens (tertiary/aromatic N) is 2. The first-order valence-corrected chi connectivity index (χ1v) is 11.9. The van der Waals surface area contributed by atoms with Crippen LogP contribution >= 0.6 is 11.8 Å². The van der Waals surface area contributed by atoms with Gasteiger partial charge >= 0.3 is 0 Å². The van der Waals surface area contributed by atoms with Crippen molar-refractivity contribution in [2.45, 2.75) is 5.54 Å². The Morgan fingerprint density at radius 2 is 1.89 bits per heavy atom. The number of nitriles is 1. The van der Waals surface area contributed by atoms with Crippen LogP contribution in [0.1, 0.15) is 27.0 Å². The molecule has 3 aromatic carbocycles. The number of hydrogen-bond acceptors (Lipinski definition) is 5. The van der Waals surface area contributed by atoms with Gasteiger partial charge in [-0.1, -0.05) is 36.0 Å². The molecule has 8 heteroatoms. The molecule has 2 aliphatic heterocycles. The third kappa shape index (κ3) is 4.43. The number of amides is 1. The normalized spacial score (nSPS) is 21.0. The van der Waals surface area contributed by atoms with Gasteiger partial charge in [-0.15, -0.1) is 0 Å². The van der Waals surface area contributed by atoms with Gasteiger partial charge in [0, 0.05) is 34.4 Å². The molecule has 5 nitrogen and oxygen atoms in total. The molecule has 35 heavy (non-hydrogen) atoms. The van der Waals surface area contributed by atoms with Crippen molar-refractivity contribution >= 4 is 28.6 Å². The van der Waals surface area contributed by atoms with E-state index in [0.717, 1.165) is 11.6 Å². The first-order valence-electron chi connectivity index (χ1n) is 10.9. The summed E-state index contributed by atoms with van der Waals surface area (Å²) in [5.41, 5.74) is 0.811. The van der Waals surface area contributed by atoms with Crippen LogP contribution in [-0.2, 0) is 10.3 Å². The summed E-state index contributed by atoms with van der Waals surface area (Å²) in [7, 11) is 0. The molecule has 1 amide bonds. The van der Waals surface area contributed by atoms with Gasteiger partial charge in [-0.3, -0.25) is 4.79 Å². The van der Waals surface area contributed by atoms with Crippen LogP contribution in [-0.4, -0.2) is 23.4 Å². The Hall–Kier alpha value is -3.96. The highest BCUT2D eigenvalue weighted by Gasteiger charge is 2.48. The molecule has 0 aliphatic carbocycles. The van der Waals surface area contributed by atoms with Crippen molar-refractivity contribution in [1.82, 2.24) is 5.32 Å². The molecule has 2 aliphatic rings. The smallest absolute Gasteiger partial charge is 0.257 e. The zero-order valence-corrected chi connectivity index (χ0v) is 19.2. The van der Waals surface area contributed by atoms with Crippen molar-refractivity contribution in [2.75, 3.05) is 12.4 Å². The number of amidine groups is 1. The second-order valence-electron chi connectivity index (χ2n) is 8.21. The SMILES string of the molecule is N#Cc1ccc(C2=C[C@H]3CSC(NC(=O)c4ccccc4)=N[C@@]3(c3ccc(F)cc3F)CO2)cc1.